The highest BCUT2D eigenvalue weighted by Gasteiger charge is 2.27. The molecule has 5 heteroatoms. The summed E-state index contributed by atoms with van der Waals surface area (Å²) in [5.41, 5.74) is 0.411. The van der Waals surface area contributed by atoms with Crippen LogP contribution in [0.25, 0.3) is 0 Å². The van der Waals surface area contributed by atoms with E-state index in [1.807, 2.05) is 4.90 Å². The molecule has 1 aromatic rings. The Labute approximate surface area is 104 Å². The summed E-state index contributed by atoms with van der Waals surface area (Å²) in [6, 6.07) is 3.45. The van der Waals surface area contributed by atoms with Crippen molar-refractivity contribution >= 4 is 5.97 Å². The van der Waals surface area contributed by atoms with Gasteiger partial charge < -0.3 is 5.11 Å². The number of carboxylic acid groups (broad SMARTS) is 1. The van der Waals surface area contributed by atoms with Crippen molar-refractivity contribution in [3.63, 3.8) is 0 Å². The van der Waals surface area contributed by atoms with E-state index in [0.29, 0.717) is 12.1 Å². The largest absolute Gasteiger partial charge is 0.481 e. The van der Waals surface area contributed by atoms with Crippen LogP contribution in [-0.4, -0.2) is 28.6 Å². The smallest absolute Gasteiger partial charge is 0.304 e. The van der Waals surface area contributed by atoms with E-state index >= 15 is 0 Å². The third-order valence-corrected chi connectivity index (χ3v) is 3.30. The van der Waals surface area contributed by atoms with E-state index < -0.39 is 17.6 Å². The van der Waals surface area contributed by atoms with E-state index in [0.717, 1.165) is 25.5 Å². The molecule has 1 atom stereocenters. The number of carbonyl (C=O) groups is 1. The first-order valence-corrected chi connectivity index (χ1v) is 5.96. The van der Waals surface area contributed by atoms with E-state index in [4.69, 9.17) is 5.11 Å². The third-order valence-electron chi connectivity index (χ3n) is 3.30. The number of carboxylic acids is 1. The van der Waals surface area contributed by atoms with Gasteiger partial charge in [-0.15, -0.1) is 0 Å². The number of halogens is 2. The number of nitrogens with zero attached hydrogens (tertiary/aromatic N) is 1. The lowest BCUT2D eigenvalue weighted by Crippen LogP contribution is -2.31. The maximum absolute atomic E-state index is 13.5. The molecular weight excluding hydrogens is 240 g/mol. The van der Waals surface area contributed by atoms with Crippen LogP contribution in [-0.2, 0) is 11.3 Å². The van der Waals surface area contributed by atoms with Gasteiger partial charge in [0.1, 0.15) is 11.6 Å². The Morgan fingerprint density at radius 1 is 1.44 bits per heavy atom. The van der Waals surface area contributed by atoms with Crippen molar-refractivity contribution in [1.82, 2.24) is 4.90 Å². The summed E-state index contributed by atoms with van der Waals surface area (Å²) in [5.74, 6) is -2.01. The van der Waals surface area contributed by atoms with Crippen molar-refractivity contribution in [3.8, 4) is 0 Å². The van der Waals surface area contributed by atoms with Gasteiger partial charge in [-0.2, -0.15) is 0 Å². The Morgan fingerprint density at radius 2 is 2.22 bits per heavy atom. The van der Waals surface area contributed by atoms with Crippen LogP contribution >= 0.6 is 0 Å². The number of likely N-dealkylation sites (tertiary alicyclic amines) is 1. The van der Waals surface area contributed by atoms with E-state index in [-0.39, 0.29) is 12.5 Å². The molecule has 1 aromatic carbocycles. The predicted octanol–water partition coefficient (Wildman–Crippen LogP) is 2.40. The highest BCUT2D eigenvalue weighted by molar-refractivity contribution is 5.67. The average Bonchev–Trinajstić information content (AvgIpc) is 2.69. The molecule has 18 heavy (non-hydrogen) atoms. The molecule has 0 amide bonds. The lowest BCUT2D eigenvalue weighted by Gasteiger charge is -2.23. The number of benzene rings is 1. The highest BCUT2D eigenvalue weighted by Crippen LogP contribution is 2.23. The topological polar surface area (TPSA) is 40.5 Å². The van der Waals surface area contributed by atoms with Gasteiger partial charge in [-0.3, -0.25) is 9.69 Å². The highest BCUT2D eigenvalue weighted by atomic mass is 19.1. The molecule has 0 spiro atoms. The molecule has 1 saturated heterocycles. The first kappa shape index (κ1) is 13.0. The molecule has 1 unspecified atom stereocenters. The average molecular weight is 255 g/mol. The molecule has 1 aliphatic heterocycles. The number of aliphatic carboxylic acids is 1. The van der Waals surface area contributed by atoms with Gasteiger partial charge in [0, 0.05) is 24.2 Å². The SMILES string of the molecule is O=C(O)CC1CCCN1Cc1ccc(F)cc1F. The number of rotatable bonds is 4. The summed E-state index contributed by atoms with van der Waals surface area (Å²) in [5, 5.41) is 8.80. The van der Waals surface area contributed by atoms with Crippen LogP contribution in [0, 0.1) is 11.6 Å². The molecule has 1 aliphatic rings. The first-order chi connectivity index (χ1) is 8.56. The summed E-state index contributed by atoms with van der Waals surface area (Å²) in [6.07, 6.45) is 1.80. The van der Waals surface area contributed by atoms with E-state index in [9.17, 15) is 13.6 Å². The van der Waals surface area contributed by atoms with Crippen molar-refractivity contribution in [2.45, 2.75) is 31.8 Å². The van der Waals surface area contributed by atoms with Crippen LogP contribution < -0.4 is 0 Å². The fourth-order valence-corrected chi connectivity index (χ4v) is 2.40. The van der Waals surface area contributed by atoms with Crippen molar-refractivity contribution in [3.05, 3.63) is 35.4 Å². The summed E-state index contributed by atoms with van der Waals surface area (Å²) in [7, 11) is 0. The van der Waals surface area contributed by atoms with Gasteiger partial charge in [-0.05, 0) is 25.5 Å². The Kier molecular flexibility index (Phi) is 3.91. The van der Waals surface area contributed by atoms with Gasteiger partial charge >= 0.3 is 5.97 Å². The Hall–Kier alpha value is -1.49. The molecular formula is C13H15F2NO2. The summed E-state index contributed by atoms with van der Waals surface area (Å²) < 4.78 is 26.3. The molecule has 0 radical (unpaired) electrons. The molecule has 1 N–H and O–H groups in total. The van der Waals surface area contributed by atoms with Crippen LogP contribution in [0.3, 0.4) is 0 Å². The molecule has 0 bridgehead atoms. The van der Waals surface area contributed by atoms with Crippen LogP contribution in [0.15, 0.2) is 18.2 Å². The Morgan fingerprint density at radius 3 is 2.89 bits per heavy atom. The van der Waals surface area contributed by atoms with E-state index in [1.54, 1.807) is 0 Å². The maximum atomic E-state index is 13.5. The summed E-state index contributed by atoms with van der Waals surface area (Å²) in [6.45, 7) is 1.10. The van der Waals surface area contributed by atoms with Crippen molar-refractivity contribution in [2.24, 2.45) is 0 Å². The molecule has 98 valence electrons. The van der Waals surface area contributed by atoms with E-state index in [1.165, 1.54) is 12.1 Å². The van der Waals surface area contributed by atoms with Gasteiger partial charge in [0.25, 0.3) is 0 Å². The zero-order chi connectivity index (χ0) is 13.1. The Bertz CT molecular complexity index is 451. The quantitative estimate of drug-likeness (QED) is 0.898. The molecule has 1 fully saturated rings. The first-order valence-electron chi connectivity index (χ1n) is 5.96. The summed E-state index contributed by atoms with van der Waals surface area (Å²) in [4.78, 5) is 12.7. The fourth-order valence-electron chi connectivity index (χ4n) is 2.40. The molecule has 3 nitrogen and oxygen atoms in total. The Balaban J connectivity index is 2.05. The lowest BCUT2D eigenvalue weighted by atomic mass is 10.1. The molecule has 0 saturated carbocycles. The second kappa shape index (κ2) is 5.44. The van der Waals surface area contributed by atoms with Crippen LogP contribution in [0.1, 0.15) is 24.8 Å². The van der Waals surface area contributed by atoms with Crippen molar-refractivity contribution in [2.75, 3.05) is 6.54 Å². The molecule has 0 aromatic heterocycles. The van der Waals surface area contributed by atoms with Crippen molar-refractivity contribution in [1.29, 1.82) is 0 Å². The second-order valence-electron chi connectivity index (χ2n) is 4.60. The third kappa shape index (κ3) is 3.04. The minimum Gasteiger partial charge on any atom is -0.481 e. The van der Waals surface area contributed by atoms with Crippen LogP contribution in [0.4, 0.5) is 8.78 Å². The molecule has 1 heterocycles. The normalized spacial score (nSPS) is 20.2. The number of hydrogen-bond acceptors (Lipinski definition) is 2. The van der Waals surface area contributed by atoms with Gasteiger partial charge in [-0.1, -0.05) is 6.07 Å². The molecule has 0 aliphatic carbocycles. The lowest BCUT2D eigenvalue weighted by molar-refractivity contribution is -0.138. The monoisotopic (exact) mass is 255 g/mol. The minimum absolute atomic E-state index is 0.0491. The molecule has 2 rings (SSSR count). The van der Waals surface area contributed by atoms with Crippen LogP contribution in [0.5, 0.6) is 0 Å². The van der Waals surface area contributed by atoms with Crippen LogP contribution in [0.2, 0.25) is 0 Å². The minimum atomic E-state index is -0.841. The van der Waals surface area contributed by atoms with Crippen molar-refractivity contribution < 1.29 is 18.7 Å². The number of hydrogen-bond donors (Lipinski definition) is 1. The van der Waals surface area contributed by atoms with Gasteiger partial charge in [0.05, 0.1) is 6.42 Å². The summed E-state index contributed by atoms with van der Waals surface area (Å²) >= 11 is 0. The predicted molar refractivity (Wildman–Crippen MR) is 62.0 cm³/mol. The fraction of sp³-hybridized carbons (Fsp3) is 0.462. The standard InChI is InChI=1S/C13H15F2NO2/c14-10-4-3-9(12(15)6-10)8-16-5-1-2-11(16)7-13(17)18/h3-4,6,11H,1-2,5,7-8H2,(H,17,18). The maximum Gasteiger partial charge on any atom is 0.304 e. The zero-order valence-corrected chi connectivity index (χ0v) is 9.90. The van der Waals surface area contributed by atoms with Gasteiger partial charge in [0.2, 0.25) is 0 Å². The second-order valence-corrected chi connectivity index (χ2v) is 4.60. The van der Waals surface area contributed by atoms with Gasteiger partial charge in [-0.25, -0.2) is 8.78 Å². The van der Waals surface area contributed by atoms with Gasteiger partial charge in [0.15, 0.2) is 0 Å². The zero-order valence-electron chi connectivity index (χ0n) is 9.90. The van der Waals surface area contributed by atoms with E-state index in [2.05, 4.69) is 0 Å².